The van der Waals surface area contributed by atoms with Gasteiger partial charge in [0.15, 0.2) is 11.6 Å². The van der Waals surface area contributed by atoms with Crippen LogP contribution in [0.1, 0.15) is 44.7 Å². The minimum absolute atomic E-state index is 0.00735. The van der Waals surface area contributed by atoms with Gasteiger partial charge >= 0.3 is 0 Å². The SMILES string of the molecule is NS(=O)(=O)c1cc(C(=O)c2ccc(C(=O)CCCc3ccccc3)cc2)ccc1Cl. The third kappa shape index (κ3) is 5.42. The van der Waals surface area contributed by atoms with E-state index in [1.807, 2.05) is 30.3 Å². The quantitative estimate of drug-likeness (QED) is 0.523. The molecule has 0 aromatic heterocycles. The molecule has 0 spiro atoms. The molecular weight excluding hydrogens is 422 g/mol. The van der Waals surface area contributed by atoms with Gasteiger partial charge in [-0.3, -0.25) is 9.59 Å². The summed E-state index contributed by atoms with van der Waals surface area (Å²) >= 11 is 5.86. The summed E-state index contributed by atoms with van der Waals surface area (Å²) in [7, 11) is -4.05. The maximum Gasteiger partial charge on any atom is 0.239 e. The lowest BCUT2D eigenvalue weighted by Gasteiger charge is -2.07. The Hall–Kier alpha value is -2.80. The molecule has 2 N–H and O–H groups in total. The number of carbonyl (C=O) groups excluding carboxylic acids is 2. The standard InChI is InChI=1S/C23H20ClNO4S/c24-20-14-13-19(15-22(20)30(25,28)29)23(27)18-11-9-17(10-12-18)21(26)8-4-7-16-5-2-1-3-6-16/h1-3,5-6,9-15H,4,7-8H2,(H2,25,28,29). The molecule has 3 aromatic carbocycles. The molecule has 0 fully saturated rings. The van der Waals surface area contributed by atoms with E-state index in [0.717, 1.165) is 18.9 Å². The Kier molecular flexibility index (Phi) is 6.82. The van der Waals surface area contributed by atoms with E-state index in [2.05, 4.69) is 0 Å². The molecule has 0 atom stereocenters. The molecule has 0 saturated carbocycles. The number of hydrogen-bond donors (Lipinski definition) is 1. The first kappa shape index (κ1) is 21.9. The fraction of sp³-hybridized carbons (Fsp3) is 0.130. The molecule has 0 aliphatic carbocycles. The van der Waals surface area contributed by atoms with E-state index < -0.39 is 10.0 Å². The number of ketones is 2. The van der Waals surface area contributed by atoms with Crippen molar-refractivity contribution in [2.45, 2.75) is 24.2 Å². The zero-order valence-electron chi connectivity index (χ0n) is 16.0. The molecule has 0 bridgehead atoms. The van der Waals surface area contributed by atoms with E-state index in [1.165, 1.54) is 17.7 Å². The van der Waals surface area contributed by atoms with E-state index in [-0.39, 0.29) is 27.0 Å². The number of hydrogen-bond acceptors (Lipinski definition) is 4. The summed E-state index contributed by atoms with van der Waals surface area (Å²) in [6.45, 7) is 0. The minimum atomic E-state index is -4.05. The van der Waals surface area contributed by atoms with E-state index in [4.69, 9.17) is 16.7 Å². The van der Waals surface area contributed by atoms with Crippen LogP contribution in [0.2, 0.25) is 5.02 Å². The predicted octanol–water partition coefficient (Wildman–Crippen LogP) is 4.42. The van der Waals surface area contributed by atoms with Crippen LogP contribution < -0.4 is 5.14 Å². The number of halogens is 1. The van der Waals surface area contributed by atoms with Gasteiger partial charge in [-0.15, -0.1) is 0 Å². The number of aryl methyl sites for hydroxylation is 1. The van der Waals surface area contributed by atoms with Gasteiger partial charge < -0.3 is 0 Å². The van der Waals surface area contributed by atoms with Gasteiger partial charge in [-0.25, -0.2) is 13.6 Å². The van der Waals surface area contributed by atoms with E-state index in [9.17, 15) is 18.0 Å². The lowest BCUT2D eigenvalue weighted by atomic mass is 9.99. The molecule has 0 heterocycles. The largest absolute Gasteiger partial charge is 0.294 e. The molecule has 0 aliphatic heterocycles. The molecule has 0 radical (unpaired) electrons. The molecule has 154 valence electrons. The summed E-state index contributed by atoms with van der Waals surface area (Å²) < 4.78 is 23.2. The van der Waals surface area contributed by atoms with Crippen molar-refractivity contribution in [2.24, 2.45) is 5.14 Å². The Bertz CT molecular complexity index is 1170. The highest BCUT2D eigenvalue weighted by Crippen LogP contribution is 2.23. The predicted molar refractivity (Wildman–Crippen MR) is 116 cm³/mol. The summed E-state index contributed by atoms with van der Waals surface area (Å²) in [5, 5.41) is 5.08. The highest BCUT2D eigenvalue weighted by atomic mass is 35.5. The first-order chi connectivity index (χ1) is 14.3. The van der Waals surface area contributed by atoms with Crippen molar-refractivity contribution in [3.8, 4) is 0 Å². The van der Waals surface area contributed by atoms with Crippen LogP contribution >= 0.6 is 11.6 Å². The summed E-state index contributed by atoms with van der Waals surface area (Å²) in [5.41, 5.74) is 2.19. The van der Waals surface area contributed by atoms with Crippen molar-refractivity contribution in [2.75, 3.05) is 0 Å². The fourth-order valence-electron chi connectivity index (χ4n) is 3.08. The molecule has 3 aromatic rings. The smallest absolute Gasteiger partial charge is 0.239 e. The number of benzene rings is 3. The van der Waals surface area contributed by atoms with Crippen LogP contribution in [0.15, 0.2) is 77.7 Å². The molecule has 3 rings (SSSR count). The lowest BCUT2D eigenvalue weighted by Crippen LogP contribution is -2.14. The number of sulfonamides is 1. The first-order valence-corrected chi connectivity index (χ1v) is 11.2. The van der Waals surface area contributed by atoms with Gasteiger partial charge in [-0.1, -0.05) is 66.2 Å². The lowest BCUT2D eigenvalue weighted by molar-refractivity contribution is 0.0978. The Morgan fingerprint density at radius 3 is 2.07 bits per heavy atom. The van der Waals surface area contributed by atoms with E-state index >= 15 is 0 Å². The Labute approximate surface area is 180 Å². The summed E-state index contributed by atoms with van der Waals surface area (Å²) in [4.78, 5) is 24.8. The van der Waals surface area contributed by atoms with Crippen LogP contribution in [0.25, 0.3) is 0 Å². The highest BCUT2D eigenvalue weighted by molar-refractivity contribution is 7.89. The number of nitrogens with two attached hydrogens (primary N) is 1. The maximum absolute atomic E-state index is 12.7. The average Bonchev–Trinajstić information content (AvgIpc) is 2.73. The van der Waals surface area contributed by atoms with Gasteiger partial charge in [-0.05, 0) is 36.6 Å². The van der Waals surface area contributed by atoms with Crippen molar-refractivity contribution in [1.82, 2.24) is 0 Å². The van der Waals surface area contributed by atoms with Crippen molar-refractivity contribution in [3.63, 3.8) is 0 Å². The molecule has 0 aliphatic rings. The second-order valence-corrected chi connectivity index (χ2v) is 8.80. The summed E-state index contributed by atoms with van der Waals surface area (Å²) in [6, 6.07) is 20.2. The number of primary sulfonamides is 1. The van der Waals surface area contributed by atoms with Gasteiger partial charge in [0.1, 0.15) is 4.90 Å². The van der Waals surface area contributed by atoms with E-state index in [1.54, 1.807) is 24.3 Å². The summed E-state index contributed by atoms with van der Waals surface area (Å²) in [6.07, 6.45) is 1.98. The first-order valence-electron chi connectivity index (χ1n) is 9.30. The van der Waals surface area contributed by atoms with Crippen LogP contribution in [-0.2, 0) is 16.4 Å². The monoisotopic (exact) mass is 441 g/mol. The molecule has 5 nitrogen and oxygen atoms in total. The van der Waals surface area contributed by atoms with Gasteiger partial charge in [-0.2, -0.15) is 0 Å². The fourth-order valence-corrected chi connectivity index (χ4v) is 4.15. The van der Waals surface area contributed by atoms with Crippen LogP contribution in [0.3, 0.4) is 0 Å². The van der Waals surface area contributed by atoms with Gasteiger partial charge in [0.2, 0.25) is 10.0 Å². The van der Waals surface area contributed by atoms with Crippen molar-refractivity contribution >= 4 is 33.2 Å². The van der Waals surface area contributed by atoms with Gasteiger partial charge in [0.05, 0.1) is 5.02 Å². The molecule has 0 unspecified atom stereocenters. The Balaban J connectivity index is 1.68. The second kappa shape index (κ2) is 9.34. The maximum atomic E-state index is 12.7. The normalized spacial score (nSPS) is 11.3. The Morgan fingerprint density at radius 2 is 1.43 bits per heavy atom. The van der Waals surface area contributed by atoms with Crippen LogP contribution in [0.4, 0.5) is 0 Å². The van der Waals surface area contributed by atoms with Gasteiger partial charge in [0, 0.05) is 23.1 Å². The molecule has 7 heteroatoms. The second-order valence-electron chi connectivity index (χ2n) is 6.86. The zero-order chi connectivity index (χ0) is 21.7. The van der Waals surface area contributed by atoms with Crippen molar-refractivity contribution in [3.05, 3.63) is 100 Å². The molecule has 30 heavy (non-hydrogen) atoms. The van der Waals surface area contributed by atoms with Crippen molar-refractivity contribution in [1.29, 1.82) is 0 Å². The number of rotatable bonds is 8. The van der Waals surface area contributed by atoms with Crippen LogP contribution in [0, 0.1) is 0 Å². The van der Waals surface area contributed by atoms with E-state index in [0.29, 0.717) is 17.5 Å². The van der Waals surface area contributed by atoms with Crippen molar-refractivity contribution < 1.29 is 18.0 Å². The minimum Gasteiger partial charge on any atom is -0.294 e. The summed E-state index contributed by atoms with van der Waals surface area (Å²) in [5.74, 6) is -0.382. The molecule has 0 amide bonds. The third-order valence-electron chi connectivity index (χ3n) is 4.68. The number of Topliss-reactive ketones (excluding diaryl/α,β-unsaturated/α-hetero) is 1. The third-order valence-corrected chi connectivity index (χ3v) is 6.07. The number of carbonyl (C=O) groups is 2. The topological polar surface area (TPSA) is 94.3 Å². The average molecular weight is 442 g/mol. The molecular formula is C23H20ClNO4S. The highest BCUT2D eigenvalue weighted by Gasteiger charge is 2.17. The van der Waals surface area contributed by atoms with Crippen LogP contribution in [-0.4, -0.2) is 20.0 Å². The van der Waals surface area contributed by atoms with Crippen LogP contribution in [0.5, 0.6) is 0 Å². The van der Waals surface area contributed by atoms with Gasteiger partial charge in [0.25, 0.3) is 0 Å². The molecule has 0 saturated heterocycles. The zero-order valence-corrected chi connectivity index (χ0v) is 17.6. The Morgan fingerprint density at radius 1 is 0.833 bits per heavy atom.